The molecular weight excluding hydrogens is 220 g/mol. The predicted molar refractivity (Wildman–Crippen MR) is 76.7 cm³/mol. The molecule has 18 heavy (non-hydrogen) atoms. The van der Waals surface area contributed by atoms with Gasteiger partial charge >= 0.3 is 0 Å². The van der Waals surface area contributed by atoms with Crippen LogP contribution in [-0.4, -0.2) is 17.1 Å². The van der Waals surface area contributed by atoms with Crippen LogP contribution in [-0.2, 0) is 6.42 Å². The smallest absolute Gasteiger partial charge is 0.0433 e. The van der Waals surface area contributed by atoms with Crippen LogP contribution < -0.4 is 5.32 Å². The molecule has 2 heteroatoms. The van der Waals surface area contributed by atoms with Crippen LogP contribution in [0.3, 0.4) is 0 Å². The second-order valence-electron chi connectivity index (χ2n) is 6.07. The number of nitrogens with zero attached hydrogens (tertiary/aromatic N) is 1. The highest BCUT2D eigenvalue weighted by Crippen LogP contribution is 2.21. The summed E-state index contributed by atoms with van der Waals surface area (Å²) in [6, 6.07) is 5.63. The maximum Gasteiger partial charge on any atom is 0.0433 e. The van der Waals surface area contributed by atoms with Crippen LogP contribution in [0.25, 0.3) is 0 Å². The van der Waals surface area contributed by atoms with Crippen LogP contribution in [0.2, 0.25) is 0 Å². The topological polar surface area (TPSA) is 24.9 Å². The molecule has 0 aliphatic carbocycles. The number of rotatable bonds is 5. The quantitative estimate of drug-likeness (QED) is 0.860. The molecule has 0 amide bonds. The Balaban J connectivity index is 1.77. The summed E-state index contributed by atoms with van der Waals surface area (Å²) in [5, 5.41) is 3.78. The highest BCUT2D eigenvalue weighted by atomic mass is 15.0. The third-order valence-corrected chi connectivity index (χ3v) is 3.94. The van der Waals surface area contributed by atoms with Gasteiger partial charge in [0.1, 0.15) is 0 Å². The van der Waals surface area contributed by atoms with E-state index in [1.165, 1.54) is 36.9 Å². The summed E-state index contributed by atoms with van der Waals surface area (Å²) >= 11 is 0. The molecule has 0 spiro atoms. The largest absolute Gasteiger partial charge is 0.311 e. The van der Waals surface area contributed by atoms with Crippen LogP contribution >= 0.6 is 0 Å². The Morgan fingerprint density at radius 3 is 2.83 bits per heavy atom. The predicted octanol–water partition coefficient (Wildman–Crippen LogP) is 3.49. The van der Waals surface area contributed by atoms with Crippen molar-refractivity contribution >= 4 is 0 Å². The average molecular weight is 246 g/mol. The molecule has 0 bridgehead atoms. The fraction of sp³-hybridized carbons (Fsp3) is 0.688. The first kappa shape index (κ1) is 13.5. The molecule has 1 fully saturated rings. The van der Waals surface area contributed by atoms with Crippen LogP contribution in [0, 0.1) is 12.8 Å². The van der Waals surface area contributed by atoms with Gasteiger partial charge in [-0.1, -0.05) is 19.9 Å². The second kappa shape index (κ2) is 6.33. The molecule has 0 radical (unpaired) electrons. The van der Waals surface area contributed by atoms with Gasteiger partial charge in [0.05, 0.1) is 0 Å². The average Bonchev–Trinajstić information content (AvgIpc) is 2.75. The maximum atomic E-state index is 4.48. The number of aromatic nitrogens is 1. The van der Waals surface area contributed by atoms with E-state index in [1.54, 1.807) is 0 Å². The SMILES string of the molecule is Cc1cccnc1CCC1CCC(CC(C)C)N1. The van der Waals surface area contributed by atoms with Crippen molar-refractivity contribution in [3.05, 3.63) is 29.6 Å². The van der Waals surface area contributed by atoms with Gasteiger partial charge in [-0.05, 0) is 56.6 Å². The Bertz CT molecular complexity index is 373. The standard InChI is InChI=1S/C16H26N2/c1-12(2)11-15-7-6-14(18-15)8-9-16-13(3)5-4-10-17-16/h4-5,10,12,14-15,18H,6-9,11H2,1-3H3. The van der Waals surface area contributed by atoms with Crippen molar-refractivity contribution in [1.82, 2.24) is 10.3 Å². The van der Waals surface area contributed by atoms with E-state index in [2.05, 4.69) is 37.1 Å². The molecule has 1 aliphatic heterocycles. The van der Waals surface area contributed by atoms with E-state index < -0.39 is 0 Å². The maximum absolute atomic E-state index is 4.48. The number of nitrogens with one attached hydrogen (secondary N) is 1. The van der Waals surface area contributed by atoms with Crippen LogP contribution in [0.4, 0.5) is 0 Å². The first-order valence-electron chi connectivity index (χ1n) is 7.31. The Morgan fingerprint density at radius 1 is 1.33 bits per heavy atom. The lowest BCUT2D eigenvalue weighted by Gasteiger charge is -2.16. The van der Waals surface area contributed by atoms with E-state index in [0.29, 0.717) is 6.04 Å². The lowest BCUT2D eigenvalue weighted by Crippen LogP contribution is -2.30. The van der Waals surface area contributed by atoms with Crippen LogP contribution in [0.5, 0.6) is 0 Å². The number of hydrogen-bond acceptors (Lipinski definition) is 2. The minimum atomic E-state index is 0.704. The highest BCUT2D eigenvalue weighted by Gasteiger charge is 2.23. The zero-order chi connectivity index (χ0) is 13.0. The summed E-state index contributed by atoms with van der Waals surface area (Å²) in [6.45, 7) is 6.78. The van der Waals surface area contributed by atoms with E-state index >= 15 is 0 Å². The fourth-order valence-electron chi connectivity index (χ4n) is 2.98. The Kier molecular flexibility index (Phi) is 4.76. The molecule has 0 saturated carbocycles. The molecular formula is C16H26N2. The summed E-state index contributed by atoms with van der Waals surface area (Å²) in [6.07, 6.45) is 8.25. The monoisotopic (exact) mass is 246 g/mol. The molecule has 2 heterocycles. The molecule has 100 valence electrons. The summed E-state index contributed by atoms with van der Waals surface area (Å²) in [7, 11) is 0. The van der Waals surface area contributed by atoms with Gasteiger partial charge < -0.3 is 5.32 Å². The van der Waals surface area contributed by atoms with Gasteiger partial charge in [0.2, 0.25) is 0 Å². The minimum absolute atomic E-state index is 0.704. The summed E-state index contributed by atoms with van der Waals surface area (Å²) in [5.41, 5.74) is 2.60. The summed E-state index contributed by atoms with van der Waals surface area (Å²) in [5.74, 6) is 0.805. The van der Waals surface area contributed by atoms with Gasteiger partial charge in [0, 0.05) is 24.0 Å². The molecule has 2 rings (SSSR count). The van der Waals surface area contributed by atoms with E-state index in [-0.39, 0.29) is 0 Å². The van der Waals surface area contributed by atoms with Gasteiger partial charge in [0.15, 0.2) is 0 Å². The fourth-order valence-corrected chi connectivity index (χ4v) is 2.98. The molecule has 2 unspecified atom stereocenters. The van der Waals surface area contributed by atoms with Crippen LogP contribution in [0.1, 0.15) is 50.8 Å². The van der Waals surface area contributed by atoms with Gasteiger partial charge in [-0.2, -0.15) is 0 Å². The van der Waals surface area contributed by atoms with Gasteiger partial charge in [0.25, 0.3) is 0 Å². The normalized spacial score (nSPS) is 23.8. The minimum Gasteiger partial charge on any atom is -0.311 e. The Labute approximate surface area is 111 Å². The lowest BCUT2D eigenvalue weighted by molar-refractivity contribution is 0.436. The van der Waals surface area contributed by atoms with Crippen molar-refractivity contribution in [3.63, 3.8) is 0 Å². The van der Waals surface area contributed by atoms with Crippen molar-refractivity contribution in [3.8, 4) is 0 Å². The van der Waals surface area contributed by atoms with Gasteiger partial charge in [-0.3, -0.25) is 4.98 Å². The van der Waals surface area contributed by atoms with Crippen molar-refractivity contribution in [2.45, 2.75) is 65.0 Å². The first-order chi connectivity index (χ1) is 8.65. The van der Waals surface area contributed by atoms with Crippen molar-refractivity contribution in [1.29, 1.82) is 0 Å². The first-order valence-corrected chi connectivity index (χ1v) is 7.31. The number of aryl methyl sites for hydroxylation is 2. The summed E-state index contributed by atoms with van der Waals surface area (Å²) < 4.78 is 0. The van der Waals surface area contributed by atoms with Crippen LogP contribution in [0.15, 0.2) is 18.3 Å². The zero-order valence-corrected chi connectivity index (χ0v) is 11.9. The molecule has 1 saturated heterocycles. The van der Waals surface area contributed by atoms with E-state index in [1.807, 2.05) is 12.3 Å². The van der Waals surface area contributed by atoms with Crippen molar-refractivity contribution in [2.24, 2.45) is 5.92 Å². The second-order valence-corrected chi connectivity index (χ2v) is 6.07. The number of pyridine rings is 1. The third kappa shape index (κ3) is 3.81. The molecule has 1 aromatic heterocycles. The molecule has 2 nitrogen and oxygen atoms in total. The molecule has 1 N–H and O–H groups in total. The third-order valence-electron chi connectivity index (χ3n) is 3.94. The Hall–Kier alpha value is -0.890. The van der Waals surface area contributed by atoms with Gasteiger partial charge in [-0.15, -0.1) is 0 Å². The van der Waals surface area contributed by atoms with E-state index in [0.717, 1.165) is 18.4 Å². The molecule has 0 aromatic carbocycles. The summed E-state index contributed by atoms with van der Waals surface area (Å²) in [4.78, 5) is 4.48. The van der Waals surface area contributed by atoms with Crippen molar-refractivity contribution in [2.75, 3.05) is 0 Å². The highest BCUT2D eigenvalue weighted by molar-refractivity contribution is 5.17. The van der Waals surface area contributed by atoms with E-state index in [4.69, 9.17) is 0 Å². The molecule has 2 atom stereocenters. The Morgan fingerprint density at radius 2 is 2.11 bits per heavy atom. The van der Waals surface area contributed by atoms with Gasteiger partial charge in [-0.25, -0.2) is 0 Å². The number of hydrogen-bond donors (Lipinski definition) is 1. The molecule has 1 aromatic rings. The zero-order valence-electron chi connectivity index (χ0n) is 11.9. The van der Waals surface area contributed by atoms with Crippen molar-refractivity contribution < 1.29 is 0 Å². The lowest BCUT2D eigenvalue weighted by atomic mass is 10.0. The molecule has 1 aliphatic rings. The van der Waals surface area contributed by atoms with E-state index in [9.17, 15) is 0 Å².